The highest BCUT2D eigenvalue weighted by atomic mass is 16.5. The number of nitrogens with zero attached hydrogens (tertiary/aromatic N) is 3. The molecule has 1 atom stereocenters. The second-order valence-electron chi connectivity index (χ2n) is 7.20. The molecule has 1 aromatic heterocycles. The summed E-state index contributed by atoms with van der Waals surface area (Å²) in [5, 5.41) is 6.69. The molecule has 24 heavy (non-hydrogen) atoms. The van der Waals surface area contributed by atoms with Gasteiger partial charge in [0.05, 0.1) is 13.2 Å². The maximum Gasteiger partial charge on any atom is 0.249 e. The van der Waals surface area contributed by atoms with Crippen LogP contribution in [0.15, 0.2) is 4.52 Å². The van der Waals surface area contributed by atoms with E-state index >= 15 is 0 Å². The highest BCUT2D eigenvalue weighted by molar-refractivity contribution is 5.78. The van der Waals surface area contributed by atoms with Crippen LogP contribution >= 0.6 is 0 Å². The Morgan fingerprint density at radius 1 is 1.46 bits per heavy atom. The van der Waals surface area contributed by atoms with Gasteiger partial charge in [-0.3, -0.25) is 9.59 Å². The third-order valence-corrected chi connectivity index (χ3v) is 3.77. The van der Waals surface area contributed by atoms with Gasteiger partial charge in [0, 0.05) is 26.5 Å². The fraction of sp³-hybridized carbons (Fsp3) is 0.750. The normalized spacial score (nSPS) is 18.2. The molecule has 8 heteroatoms. The molecule has 8 nitrogen and oxygen atoms in total. The highest BCUT2D eigenvalue weighted by Crippen LogP contribution is 2.31. The quantitative estimate of drug-likeness (QED) is 0.808. The molecule has 1 N–H and O–H groups in total. The number of likely N-dealkylation sites (tertiary alicyclic amines) is 1. The van der Waals surface area contributed by atoms with Gasteiger partial charge >= 0.3 is 0 Å². The van der Waals surface area contributed by atoms with Crippen molar-refractivity contribution in [1.82, 2.24) is 20.4 Å². The largest absolute Gasteiger partial charge is 0.383 e. The van der Waals surface area contributed by atoms with Crippen LogP contribution in [0, 0.1) is 5.41 Å². The number of ether oxygens (including phenoxy) is 1. The van der Waals surface area contributed by atoms with Gasteiger partial charge in [-0.2, -0.15) is 4.98 Å². The number of rotatable bonds is 7. The number of methoxy groups -OCH3 is 1. The topological polar surface area (TPSA) is 97.6 Å². The molecule has 2 amide bonds. The lowest BCUT2D eigenvalue weighted by Gasteiger charge is -2.21. The molecule has 1 aliphatic heterocycles. The lowest BCUT2D eigenvalue weighted by Crippen LogP contribution is -2.31. The van der Waals surface area contributed by atoms with Crippen LogP contribution in [0.3, 0.4) is 0 Å². The van der Waals surface area contributed by atoms with Gasteiger partial charge in [0.25, 0.3) is 0 Å². The van der Waals surface area contributed by atoms with Crippen LogP contribution < -0.4 is 5.32 Å². The third-order valence-electron chi connectivity index (χ3n) is 3.77. The number of carbonyl (C=O) groups excluding carboxylic acids is 2. The average molecular weight is 338 g/mol. The Kier molecular flexibility index (Phi) is 5.93. The van der Waals surface area contributed by atoms with Crippen LogP contribution in [0.4, 0.5) is 0 Å². The van der Waals surface area contributed by atoms with Gasteiger partial charge in [0.2, 0.25) is 17.7 Å². The maximum absolute atomic E-state index is 11.9. The summed E-state index contributed by atoms with van der Waals surface area (Å²) in [7, 11) is 1.60. The Bertz CT molecular complexity index is 579. The zero-order valence-electron chi connectivity index (χ0n) is 14.8. The van der Waals surface area contributed by atoms with Crippen LogP contribution in [-0.2, 0) is 20.9 Å². The predicted molar refractivity (Wildman–Crippen MR) is 85.8 cm³/mol. The van der Waals surface area contributed by atoms with Gasteiger partial charge in [-0.15, -0.1) is 0 Å². The lowest BCUT2D eigenvalue weighted by molar-refractivity contribution is -0.130. The minimum absolute atomic E-state index is 0.0494. The molecule has 0 unspecified atom stereocenters. The summed E-state index contributed by atoms with van der Waals surface area (Å²) in [6.07, 6.45) is 1.55. The summed E-state index contributed by atoms with van der Waals surface area (Å²) >= 11 is 0. The van der Waals surface area contributed by atoms with Crippen LogP contribution in [0.1, 0.15) is 57.8 Å². The van der Waals surface area contributed by atoms with Crippen molar-refractivity contribution >= 4 is 11.8 Å². The number of hydrogen-bond donors (Lipinski definition) is 1. The summed E-state index contributed by atoms with van der Waals surface area (Å²) in [4.78, 5) is 29.8. The molecule has 1 saturated heterocycles. The second-order valence-corrected chi connectivity index (χ2v) is 7.20. The Balaban J connectivity index is 1.92. The third kappa shape index (κ3) is 5.02. The molecule has 2 heterocycles. The van der Waals surface area contributed by atoms with E-state index in [-0.39, 0.29) is 29.8 Å². The van der Waals surface area contributed by atoms with E-state index in [1.54, 1.807) is 12.0 Å². The predicted octanol–water partition coefficient (Wildman–Crippen LogP) is 1.43. The van der Waals surface area contributed by atoms with Crippen LogP contribution in [0.5, 0.6) is 0 Å². The van der Waals surface area contributed by atoms with Crippen molar-refractivity contribution in [3.8, 4) is 0 Å². The molecule has 2 rings (SSSR count). The first-order chi connectivity index (χ1) is 11.3. The van der Waals surface area contributed by atoms with E-state index < -0.39 is 0 Å². The Hall–Kier alpha value is -1.96. The summed E-state index contributed by atoms with van der Waals surface area (Å²) in [6, 6.07) is -0.209. The van der Waals surface area contributed by atoms with Crippen LogP contribution in [-0.4, -0.2) is 47.1 Å². The van der Waals surface area contributed by atoms with Crippen molar-refractivity contribution in [1.29, 1.82) is 0 Å². The molecule has 0 spiro atoms. The minimum atomic E-state index is -0.209. The summed E-state index contributed by atoms with van der Waals surface area (Å²) in [5.74, 6) is 0.845. The number of carbonyl (C=O) groups is 2. The minimum Gasteiger partial charge on any atom is -0.383 e. The number of amides is 2. The molecule has 0 aromatic carbocycles. The van der Waals surface area contributed by atoms with Crippen molar-refractivity contribution in [2.24, 2.45) is 5.41 Å². The number of aromatic nitrogens is 2. The fourth-order valence-corrected chi connectivity index (χ4v) is 2.66. The summed E-state index contributed by atoms with van der Waals surface area (Å²) in [6.45, 7) is 7.20. The van der Waals surface area contributed by atoms with E-state index in [1.807, 2.05) is 20.8 Å². The molecular formula is C16H26N4O4. The van der Waals surface area contributed by atoms with Gasteiger partial charge in [-0.1, -0.05) is 25.9 Å². The van der Waals surface area contributed by atoms with Crippen LogP contribution in [0.2, 0.25) is 0 Å². The smallest absolute Gasteiger partial charge is 0.249 e. The van der Waals surface area contributed by atoms with E-state index in [1.165, 1.54) is 0 Å². The van der Waals surface area contributed by atoms with E-state index in [2.05, 4.69) is 15.5 Å². The molecule has 1 aromatic rings. The van der Waals surface area contributed by atoms with Gasteiger partial charge in [-0.05, 0) is 11.8 Å². The maximum atomic E-state index is 11.9. The Morgan fingerprint density at radius 2 is 2.21 bits per heavy atom. The first-order valence-corrected chi connectivity index (χ1v) is 8.18. The molecule has 134 valence electrons. The first-order valence-electron chi connectivity index (χ1n) is 8.18. The van der Waals surface area contributed by atoms with Gasteiger partial charge < -0.3 is 19.5 Å². The van der Waals surface area contributed by atoms with Crippen molar-refractivity contribution in [3.05, 3.63) is 11.7 Å². The van der Waals surface area contributed by atoms with E-state index in [9.17, 15) is 9.59 Å². The molecule has 0 saturated carbocycles. The molecule has 0 bridgehead atoms. The zero-order valence-corrected chi connectivity index (χ0v) is 14.8. The highest BCUT2D eigenvalue weighted by Gasteiger charge is 2.35. The zero-order chi connectivity index (χ0) is 17.7. The van der Waals surface area contributed by atoms with E-state index in [4.69, 9.17) is 9.26 Å². The molecule has 0 aliphatic carbocycles. The van der Waals surface area contributed by atoms with E-state index in [0.717, 1.165) is 0 Å². The van der Waals surface area contributed by atoms with Crippen molar-refractivity contribution in [3.63, 3.8) is 0 Å². The van der Waals surface area contributed by atoms with Crippen molar-refractivity contribution in [2.75, 3.05) is 20.3 Å². The Labute approximate surface area is 141 Å². The second kappa shape index (κ2) is 7.74. The fourth-order valence-electron chi connectivity index (χ4n) is 2.66. The van der Waals surface area contributed by atoms with Crippen molar-refractivity contribution in [2.45, 2.75) is 52.6 Å². The molecule has 0 radical (unpaired) electrons. The van der Waals surface area contributed by atoms with Crippen molar-refractivity contribution < 1.29 is 18.8 Å². The summed E-state index contributed by atoms with van der Waals surface area (Å²) in [5.41, 5.74) is -0.0709. The SMILES string of the molecule is COCCN1C(=O)CC[C@H]1c1nc(CNC(=O)CC(C)(C)C)no1. The van der Waals surface area contributed by atoms with Gasteiger partial charge in [0.1, 0.15) is 6.04 Å². The summed E-state index contributed by atoms with van der Waals surface area (Å²) < 4.78 is 10.3. The first kappa shape index (κ1) is 18.4. The monoisotopic (exact) mass is 338 g/mol. The average Bonchev–Trinajstić information content (AvgIpc) is 3.08. The van der Waals surface area contributed by atoms with Gasteiger partial charge in [-0.25, -0.2) is 0 Å². The molecular weight excluding hydrogens is 312 g/mol. The number of nitrogens with one attached hydrogen (secondary N) is 1. The Morgan fingerprint density at radius 3 is 2.88 bits per heavy atom. The lowest BCUT2D eigenvalue weighted by atomic mass is 9.92. The van der Waals surface area contributed by atoms with E-state index in [0.29, 0.717) is 44.1 Å². The van der Waals surface area contributed by atoms with Gasteiger partial charge in [0.15, 0.2) is 5.82 Å². The number of hydrogen-bond acceptors (Lipinski definition) is 6. The molecule has 1 aliphatic rings. The molecule has 1 fully saturated rings. The standard InChI is InChI=1S/C16H26N4O4/c1-16(2,3)9-13(21)17-10-12-18-15(24-19-12)11-5-6-14(22)20(11)7-8-23-4/h11H,5-10H2,1-4H3,(H,17,21)/t11-/m0/s1. The van der Waals surface area contributed by atoms with Crippen LogP contribution in [0.25, 0.3) is 0 Å².